The van der Waals surface area contributed by atoms with Crippen molar-refractivity contribution in [2.75, 3.05) is 0 Å². The predicted molar refractivity (Wildman–Crippen MR) is 65.9 cm³/mol. The molecule has 2 aromatic heterocycles. The van der Waals surface area contributed by atoms with E-state index in [1.54, 1.807) is 0 Å². The predicted octanol–water partition coefficient (Wildman–Crippen LogP) is 3.12. The van der Waals surface area contributed by atoms with Gasteiger partial charge in [-0.3, -0.25) is 0 Å². The molecule has 4 heteroatoms. The molecule has 0 saturated carbocycles. The van der Waals surface area contributed by atoms with Crippen molar-refractivity contribution >= 4 is 32.3 Å². The maximum absolute atomic E-state index is 11.6. The van der Waals surface area contributed by atoms with E-state index in [-0.39, 0.29) is 5.63 Å². The standard InChI is InChI=1S/C12H8BrNO2/c1-7-6-16-12(15)10-5-8-3-2-4-9(13)11(8)14(7)10/h2-6H,1H3. The van der Waals surface area contributed by atoms with Crippen LogP contribution in [0.15, 0.2) is 44.2 Å². The molecule has 2 heterocycles. The molecule has 16 heavy (non-hydrogen) atoms. The Labute approximate surface area is 99.4 Å². The summed E-state index contributed by atoms with van der Waals surface area (Å²) in [6.45, 7) is 1.91. The van der Waals surface area contributed by atoms with E-state index >= 15 is 0 Å². The number of nitrogens with zero attached hydrogens (tertiary/aromatic N) is 1. The summed E-state index contributed by atoms with van der Waals surface area (Å²) in [5, 5.41) is 1.02. The quantitative estimate of drug-likeness (QED) is 0.633. The zero-order chi connectivity index (χ0) is 11.3. The molecule has 0 spiro atoms. The molecule has 0 aliphatic heterocycles. The van der Waals surface area contributed by atoms with Crippen molar-refractivity contribution in [3.63, 3.8) is 0 Å². The Morgan fingerprint density at radius 1 is 1.38 bits per heavy atom. The highest BCUT2D eigenvalue weighted by Gasteiger charge is 2.10. The first-order valence-electron chi connectivity index (χ1n) is 4.86. The topological polar surface area (TPSA) is 34.6 Å². The minimum Gasteiger partial charge on any atom is -0.428 e. The van der Waals surface area contributed by atoms with Gasteiger partial charge in [0.15, 0.2) is 0 Å². The highest BCUT2D eigenvalue weighted by molar-refractivity contribution is 9.10. The molecule has 0 unspecified atom stereocenters. The summed E-state index contributed by atoms with van der Waals surface area (Å²) in [6, 6.07) is 7.73. The second-order valence-electron chi connectivity index (χ2n) is 3.71. The monoisotopic (exact) mass is 277 g/mol. The molecule has 0 bridgehead atoms. The summed E-state index contributed by atoms with van der Waals surface area (Å²) in [5.74, 6) is 0. The fraction of sp³-hybridized carbons (Fsp3) is 0.0833. The van der Waals surface area contributed by atoms with E-state index in [1.807, 2.05) is 35.6 Å². The number of aryl methyl sites for hydroxylation is 1. The second-order valence-corrected chi connectivity index (χ2v) is 4.56. The molecule has 0 N–H and O–H groups in total. The van der Waals surface area contributed by atoms with E-state index in [1.165, 1.54) is 6.26 Å². The summed E-state index contributed by atoms with van der Waals surface area (Å²) in [4.78, 5) is 11.6. The van der Waals surface area contributed by atoms with Crippen molar-refractivity contribution in [2.45, 2.75) is 6.92 Å². The van der Waals surface area contributed by atoms with E-state index in [4.69, 9.17) is 4.42 Å². The highest BCUT2D eigenvalue weighted by Crippen LogP contribution is 2.27. The van der Waals surface area contributed by atoms with Crippen LogP contribution < -0.4 is 5.63 Å². The molecule has 0 aliphatic rings. The Balaban J connectivity index is 2.74. The normalized spacial score (nSPS) is 11.4. The van der Waals surface area contributed by atoms with Crippen molar-refractivity contribution in [2.24, 2.45) is 0 Å². The number of rotatable bonds is 0. The van der Waals surface area contributed by atoms with E-state index in [9.17, 15) is 4.79 Å². The van der Waals surface area contributed by atoms with Gasteiger partial charge >= 0.3 is 5.63 Å². The molecule has 3 nitrogen and oxygen atoms in total. The first kappa shape index (κ1) is 9.66. The maximum atomic E-state index is 11.6. The number of hydrogen-bond acceptors (Lipinski definition) is 2. The first-order chi connectivity index (χ1) is 7.68. The van der Waals surface area contributed by atoms with Gasteiger partial charge in [-0.1, -0.05) is 12.1 Å². The molecule has 0 amide bonds. The third-order valence-electron chi connectivity index (χ3n) is 2.67. The van der Waals surface area contributed by atoms with Gasteiger partial charge in [0, 0.05) is 9.86 Å². The molecule has 0 fully saturated rings. The molecule has 3 rings (SSSR count). The van der Waals surface area contributed by atoms with Crippen LogP contribution in [0.5, 0.6) is 0 Å². The maximum Gasteiger partial charge on any atom is 0.360 e. The fourth-order valence-corrected chi connectivity index (χ4v) is 2.54. The SMILES string of the molecule is Cc1coc(=O)c2cc3cccc(Br)c3n12. The Morgan fingerprint density at radius 3 is 3.00 bits per heavy atom. The lowest BCUT2D eigenvalue weighted by Crippen LogP contribution is -2.04. The Hall–Kier alpha value is -1.55. The molecular weight excluding hydrogens is 270 g/mol. The van der Waals surface area contributed by atoms with Gasteiger partial charge in [0.05, 0.1) is 11.2 Å². The summed E-state index contributed by atoms with van der Waals surface area (Å²) in [6.07, 6.45) is 1.48. The number of halogens is 1. The Bertz CT molecular complexity index is 755. The summed E-state index contributed by atoms with van der Waals surface area (Å²) in [7, 11) is 0. The Morgan fingerprint density at radius 2 is 2.19 bits per heavy atom. The molecule has 80 valence electrons. The van der Waals surface area contributed by atoms with Gasteiger partial charge in [-0.05, 0) is 35.0 Å². The van der Waals surface area contributed by atoms with Crippen LogP contribution in [0.25, 0.3) is 16.4 Å². The lowest BCUT2D eigenvalue weighted by atomic mass is 10.2. The van der Waals surface area contributed by atoms with Crippen LogP contribution >= 0.6 is 15.9 Å². The molecule has 3 aromatic rings. The fourth-order valence-electron chi connectivity index (χ4n) is 1.99. The smallest absolute Gasteiger partial charge is 0.360 e. The highest BCUT2D eigenvalue weighted by atomic mass is 79.9. The van der Waals surface area contributed by atoms with Crippen molar-refractivity contribution in [3.8, 4) is 0 Å². The second kappa shape index (κ2) is 3.22. The molecule has 0 aliphatic carbocycles. The lowest BCUT2D eigenvalue weighted by molar-refractivity contribution is 0.504. The number of benzene rings is 1. The van der Waals surface area contributed by atoms with Crippen LogP contribution in [0.1, 0.15) is 5.69 Å². The van der Waals surface area contributed by atoms with Crippen molar-refractivity contribution in [3.05, 3.63) is 51.1 Å². The van der Waals surface area contributed by atoms with Gasteiger partial charge in [0.25, 0.3) is 0 Å². The summed E-state index contributed by atoms with van der Waals surface area (Å²) in [5.41, 5.74) is 2.16. The van der Waals surface area contributed by atoms with Crippen LogP contribution in [-0.4, -0.2) is 4.40 Å². The zero-order valence-electron chi connectivity index (χ0n) is 8.53. The van der Waals surface area contributed by atoms with E-state index in [2.05, 4.69) is 15.9 Å². The third-order valence-corrected chi connectivity index (χ3v) is 3.31. The van der Waals surface area contributed by atoms with Crippen LogP contribution in [0.3, 0.4) is 0 Å². The summed E-state index contributed by atoms with van der Waals surface area (Å²) < 4.78 is 7.83. The minimum absolute atomic E-state index is 0.311. The van der Waals surface area contributed by atoms with Gasteiger partial charge in [-0.15, -0.1) is 0 Å². The van der Waals surface area contributed by atoms with Gasteiger partial charge < -0.3 is 8.82 Å². The molecule has 0 saturated heterocycles. The van der Waals surface area contributed by atoms with Crippen molar-refractivity contribution in [1.82, 2.24) is 4.40 Å². The Kier molecular flexibility index (Phi) is 1.94. The van der Waals surface area contributed by atoms with Crippen LogP contribution in [-0.2, 0) is 0 Å². The number of aromatic nitrogens is 1. The molecule has 1 aromatic carbocycles. The average Bonchev–Trinajstić information content (AvgIpc) is 2.65. The number of hydrogen-bond donors (Lipinski definition) is 0. The largest absolute Gasteiger partial charge is 0.428 e. The summed E-state index contributed by atoms with van der Waals surface area (Å²) >= 11 is 3.50. The molecule has 0 atom stereocenters. The molecule has 0 radical (unpaired) electrons. The average molecular weight is 278 g/mol. The number of fused-ring (bicyclic) bond motifs is 3. The first-order valence-corrected chi connectivity index (χ1v) is 5.66. The lowest BCUT2D eigenvalue weighted by Gasteiger charge is -2.01. The third kappa shape index (κ3) is 1.16. The number of para-hydroxylation sites is 1. The van der Waals surface area contributed by atoms with Crippen LogP contribution in [0, 0.1) is 6.92 Å². The van der Waals surface area contributed by atoms with E-state index < -0.39 is 0 Å². The van der Waals surface area contributed by atoms with Crippen LogP contribution in [0.4, 0.5) is 0 Å². The molecular formula is C12H8BrNO2. The zero-order valence-corrected chi connectivity index (χ0v) is 10.1. The van der Waals surface area contributed by atoms with Crippen molar-refractivity contribution in [1.29, 1.82) is 0 Å². The van der Waals surface area contributed by atoms with Gasteiger partial charge in [-0.2, -0.15) is 0 Å². The van der Waals surface area contributed by atoms with Crippen molar-refractivity contribution < 1.29 is 4.42 Å². The van der Waals surface area contributed by atoms with Gasteiger partial charge in [0.2, 0.25) is 0 Å². The van der Waals surface area contributed by atoms with E-state index in [0.717, 1.165) is 21.1 Å². The van der Waals surface area contributed by atoms with Gasteiger partial charge in [0.1, 0.15) is 11.8 Å². The van der Waals surface area contributed by atoms with E-state index in [0.29, 0.717) is 5.52 Å². The van der Waals surface area contributed by atoms with Gasteiger partial charge in [-0.25, -0.2) is 4.79 Å². The van der Waals surface area contributed by atoms with Crippen LogP contribution in [0.2, 0.25) is 0 Å². The minimum atomic E-state index is -0.311.